The highest BCUT2D eigenvalue weighted by molar-refractivity contribution is 5.85. The Labute approximate surface area is 109 Å². The molecule has 17 heavy (non-hydrogen) atoms. The number of anilines is 1. The Kier molecular flexibility index (Phi) is 6.16. The summed E-state index contributed by atoms with van der Waals surface area (Å²) in [5.74, 6) is 0.971. The first-order valence-corrected chi connectivity index (χ1v) is 5.88. The van der Waals surface area contributed by atoms with E-state index < -0.39 is 0 Å². The highest BCUT2D eigenvalue weighted by Crippen LogP contribution is 2.26. The van der Waals surface area contributed by atoms with Crippen LogP contribution in [0, 0.1) is 0 Å². The van der Waals surface area contributed by atoms with Gasteiger partial charge in [0.1, 0.15) is 5.75 Å². The number of hydrogen-bond donors (Lipinski definition) is 1. The molecule has 0 bridgehead atoms. The average molecular weight is 258 g/mol. The second-order valence-corrected chi connectivity index (χ2v) is 4.04. The van der Waals surface area contributed by atoms with Crippen molar-refractivity contribution in [1.82, 2.24) is 0 Å². The lowest BCUT2D eigenvalue weighted by molar-refractivity contribution is 0.172. The number of hydrogen-bond acceptors (Lipinski definition) is 3. The van der Waals surface area contributed by atoms with Gasteiger partial charge in [-0.2, -0.15) is 0 Å². The van der Waals surface area contributed by atoms with Crippen molar-refractivity contribution in [3.05, 3.63) is 23.8 Å². The molecular weight excluding hydrogens is 238 g/mol. The Bertz CT molecular complexity index is 344. The van der Waals surface area contributed by atoms with Gasteiger partial charge in [-0.1, -0.05) is 0 Å². The van der Waals surface area contributed by atoms with Gasteiger partial charge in [-0.25, -0.2) is 0 Å². The molecule has 3 nitrogen and oxygen atoms in total. The maximum atomic E-state index is 5.67. The number of nitrogens with one attached hydrogen (secondary N) is 1. The van der Waals surface area contributed by atoms with Gasteiger partial charge in [-0.3, -0.25) is 0 Å². The van der Waals surface area contributed by atoms with Gasteiger partial charge in [0.25, 0.3) is 0 Å². The lowest BCUT2D eigenvalue weighted by atomic mass is 10.0. The Morgan fingerprint density at radius 3 is 3.00 bits per heavy atom. The molecule has 1 aromatic carbocycles. The van der Waals surface area contributed by atoms with E-state index in [2.05, 4.69) is 17.4 Å². The van der Waals surface area contributed by atoms with E-state index in [-0.39, 0.29) is 12.4 Å². The molecule has 0 unspecified atom stereocenters. The zero-order valence-corrected chi connectivity index (χ0v) is 11.0. The Balaban J connectivity index is 0.00000144. The summed E-state index contributed by atoms with van der Waals surface area (Å²) in [5, 5.41) is 3.39. The number of methoxy groups -OCH3 is 1. The monoisotopic (exact) mass is 257 g/mol. The van der Waals surface area contributed by atoms with Crippen molar-refractivity contribution in [2.45, 2.75) is 19.3 Å². The standard InChI is InChI=1S/C13H19NO2.ClH/c1-15-8-3-9-16-12-5-6-13-11(10-12)4-2-7-14-13;/h5-6,10,14H,2-4,7-9H2,1H3;1H. The summed E-state index contributed by atoms with van der Waals surface area (Å²) in [4.78, 5) is 0. The van der Waals surface area contributed by atoms with Crippen LogP contribution in [0.15, 0.2) is 18.2 Å². The van der Waals surface area contributed by atoms with Crippen LogP contribution in [0.2, 0.25) is 0 Å². The summed E-state index contributed by atoms with van der Waals surface area (Å²) in [7, 11) is 1.71. The van der Waals surface area contributed by atoms with Crippen molar-refractivity contribution in [2.24, 2.45) is 0 Å². The molecule has 0 aromatic heterocycles. The van der Waals surface area contributed by atoms with Gasteiger partial charge in [0.15, 0.2) is 0 Å². The van der Waals surface area contributed by atoms with Gasteiger partial charge >= 0.3 is 0 Å². The predicted molar refractivity (Wildman–Crippen MR) is 72.5 cm³/mol. The lowest BCUT2D eigenvalue weighted by Crippen LogP contribution is -2.11. The SMILES string of the molecule is COCCCOc1ccc2c(c1)CCCN2.Cl. The fraction of sp³-hybridized carbons (Fsp3) is 0.538. The normalized spacial score (nSPS) is 13.2. The summed E-state index contributed by atoms with van der Waals surface area (Å²) < 4.78 is 10.6. The summed E-state index contributed by atoms with van der Waals surface area (Å²) >= 11 is 0. The highest BCUT2D eigenvalue weighted by Gasteiger charge is 2.08. The van der Waals surface area contributed by atoms with E-state index >= 15 is 0 Å². The van der Waals surface area contributed by atoms with Gasteiger partial charge in [0.05, 0.1) is 6.61 Å². The van der Waals surface area contributed by atoms with Crippen LogP contribution in [0.25, 0.3) is 0 Å². The molecule has 1 heterocycles. The van der Waals surface area contributed by atoms with Gasteiger partial charge in [-0.15, -0.1) is 12.4 Å². The minimum atomic E-state index is 0. The van der Waals surface area contributed by atoms with Gasteiger partial charge < -0.3 is 14.8 Å². The fourth-order valence-corrected chi connectivity index (χ4v) is 1.93. The zero-order chi connectivity index (χ0) is 11.2. The van der Waals surface area contributed by atoms with Crippen molar-refractivity contribution >= 4 is 18.1 Å². The second kappa shape index (κ2) is 7.41. The van der Waals surface area contributed by atoms with E-state index in [1.807, 2.05) is 6.07 Å². The number of aryl methyl sites for hydroxylation is 1. The van der Waals surface area contributed by atoms with Crippen molar-refractivity contribution in [1.29, 1.82) is 0 Å². The molecule has 1 aliphatic rings. The van der Waals surface area contributed by atoms with Gasteiger partial charge in [-0.05, 0) is 36.6 Å². The third kappa shape index (κ3) is 4.10. The molecule has 2 rings (SSSR count). The van der Waals surface area contributed by atoms with Gasteiger partial charge in [0.2, 0.25) is 0 Å². The predicted octanol–water partition coefficient (Wildman–Crippen LogP) is 2.88. The molecule has 0 saturated heterocycles. The van der Waals surface area contributed by atoms with Crippen molar-refractivity contribution in [3.63, 3.8) is 0 Å². The Morgan fingerprint density at radius 2 is 2.18 bits per heavy atom. The lowest BCUT2D eigenvalue weighted by Gasteiger charge is -2.18. The molecule has 4 heteroatoms. The summed E-state index contributed by atoms with van der Waals surface area (Å²) in [6.07, 6.45) is 3.30. The van der Waals surface area contributed by atoms with Crippen LogP contribution in [0.5, 0.6) is 5.75 Å². The molecule has 1 N–H and O–H groups in total. The number of ether oxygens (including phenoxy) is 2. The molecule has 0 amide bonds. The second-order valence-electron chi connectivity index (χ2n) is 4.04. The average Bonchev–Trinajstić information content (AvgIpc) is 2.34. The molecule has 0 atom stereocenters. The molecule has 0 saturated carbocycles. The van der Waals surface area contributed by atoms with Crippen LogP contribution in [0.4, 0.5) is 5.69 Å². The van der Waals surface area contributed by atoms with Crippen LogP contribution >= 0.6 is 12.4 Å². The van der Waals surface area contributed by atoms with E-state index in [0.29, 0.717) is 0 Å². The van der Waals surface area contributed by atoms with E-state index in [1.54, 1.807) is 7.11 Å². The van der Waals surface area contributed by atoms with Gasteiger partial charge in [0, 0.05) is 32.4 Å². The minimum Gasteiger partial charge on any atom is -0.493 e. The molecule has 0 fully saturated rings. The van der Waals surface area contributed by atoms with E-state index in [4.69, 9.17) is 9.47 Å². The maximum Gasteiger partial charge on any atom is 0.119 e. The third-order valence-corrected chi connectivity index (χ3v) is 2.78. The molecule has 0 aliphatic carbocycles. The van der Waals surface area contributed by atoms with Crippen LogP contribution in [0.3, 0.4) is 0 Å². The van der Waals surface area contributed by atoms with Crippen molar-refractivity contribution < 1.29 is 9.47 Å². The number of halogens is 1. The first-order chi connectivity index (χ1) is 7.90. The first kappa shape index (κ1) is 14.1. The maximum absolute atomic E-state index is 5.67. The Morgan fingerprint density at radius 1 is 1.29 bits per heavy atom. The number of rotatable bonds is 5. The van der Waals surface area contributed by atoms with Crippen molar-refractivity contribution in [3.8, 4) is 5.75 Å². The fourth-order valence-electron chi connectivity index (χ4n) is 1.93. The minimum absolute atomic E-state index is 0. The summed E-state index contributed by atoms with van der Waals surface area (Å²) in [6.45, 7) is 2.56. The van der Waals surface area contributed by atoms with Crippen LogP contribution in [-0.2, 0) is 11.2 Å². The Hall–Kier alpha value is -0.930. The number of benzene rings is 1. The van der Waals surface area contributed by atoms with E-state index in [9.17, 15) is 0 Å². The van der Waals surface area contributed by atoms with Crippen LogP contribution in [0.1, 0.15) is 18.4 Å². The smallest absolute Gasteiger partial charge is 0.119 e. The van der Waals surface area contributed by atoms with Crippen LogP contribution in [-0.4, -0.2) is 26.9 Å². The molecule has 0 radical (unpaired) electrons. The molecule has 1 aliphatic heterocycles. The molecule has 96 valence electrons. The molecule has 0 spiro atoms. The zero-order valence-electron chi connectivity index (χ0n) is 10.2. The quantitative estimate of drug-likeness (QED) is 0.823. The summed E-state index contributed by atoms with van der Waals surface area (Å²) in [6, 6.07) is 6.29. The molecular formula is C13H20ClNO2. The topological polar surface area (TPSA) is 30.5 Å². The highest BCUT2D eigenvalue weighted by atomic mass is 35.5. The van der Waals surface area contributed by atoms with Crippen molar-refractivity contribution in [2.75, 3.05) is 32.2 Å². The van der Waals surface area contributed by atoms with Crippen LogP contribution < -0.4 is 10.1 Å². The largest absolute Gasteiger partial charge is 0.493 e. The molecule has 1 aromatic rings. The first-order valence-electron chi connectivity index (χ1n) is 5.88. The summed E-state index contributed by atoms with van der Waals surface area (Å²) in [5.41, 5.74) is 2.63. The van der Waals surface area contributed by atoms with E-state index in [0.717, 1.165) is 38.3 Å². The number of fused-ring (bicyclic) bond motifs is 1. The van der Waals surface area contributed by atoms with E-state index in [1.165, 1.54) is 17.7 Å². The third-order valence-electron chi connectivity index (χ3n) is 2.78.